The van der Waals surface area contributed by atoms with Crippen molar-refractivity contribution in [3.8, 4) is 0 Å². The number of nitrogens with one attached hydrogen (secondary N) is 1. The summed E-state index contributed by atoms with van der Waals surface area (Å²) in [5, 5.41) is 2.86. The number of hydrogen-bond acceptors (Lipinski definition) is 5. The Bertz CT molecular complexity index is 787. The Morgan fingerprint density at radius 3 is 2.04 bits per heavy atom. The van der Waals surface area contributed by atoms with Crippen molar-refractivity contribution in [2.24, 2.45) is 0 Å². The van der Waals surface area contributed by atoms with Crippen molar-refractivity contribution in [1.29, 1.82) is 0 Å². The molecule has 2 aromatic rings. The van der Waals surface area contributed by atoms with E-state index in [9.17, 15) is 14.4 Å². The van der Waals surface area contributed by atoms with Gasteiger partial charge in [-0.05, 0) is 24.6 Å². The Hall–Kier alpha value is -3.41. The van der Waals surface area contributed by atoms with Crippen LogP contribution in [-0.4, -0.2) is 31.1 Å². The summed E-state index contributed by atoms with van der Waals surface area (Å²) in [5.41, 5.74) is 1.30. The first-order valence-corrected chi connectivity index (χ1v) is 8.52. The maximum atomic E-state index is 12.4. The second kappa shape index (κ2) is 10.6. The van der Waals surface area contributed by atoms with Gasteiger partial charge in [0.25, 0.3) is 5.91 Å². The first-order valence-electron chi connectivity index (χ1n) is 8.52. The summed E-state index contributed by atoms with van der Waals surface area (Å²) < 4.78 is 9.87. The van der Waals surface area contributed by atoms with Gasteiger partial charge in [-0.1, -0.05) is 48.5 Å². The molecule has 0 bridgehead atoms. The van der Waals surface area contributed by atoms with Gasteiger partial charge < -0.3 is 14.8 Å². The second-order valence-corrected chi connectivity index (χ2v) is 5.52. The Balaban J connectivity index is 2.02. The first kappa shape index (κ1) is 19.9. The molecule has 0 aromatic heterocycles. The van der Waals surface area contributed by atoms with Crippen molar-refractivity contribution in [2.45, 2.75) is 13.0 Å². The largest absolute Gasteiger partial charge is 0.463 e. The average molecular weight is 367 g/mol. The number of esters is 2. The molecule has 2 aromatic carbocycles. The van der Waals surface area contributed by atoms with Gasteiger partial charge in [0.05, 0.1) is 12.6 Å². The monoisotopic (exact) mass is 367 g/mol. The molecule has 0 saturated carbocycles. The number of carbonyl (C=O) groups excluding carboxylic acids is 3. The van der Waals surface area contributed by atoms with Gasteiger partial charge in [0, 0.05) is 17.7 Å². The highest BCUT2D eigenvalue weighted by atomic mass is 16.5. The van der Waals surface area contributed by atoms with Crippen LogP contribution in [0.5, 0.6) is 0 Å². The van der Waals surface area contributed by atoms with Gasteiger partial charge in [-0.25, -0.2) is 9.59 Å². The molecule has 2 rings (SSSR count). The Morgan fingerprint density at radius 2 is 1.44 bits per heavy atom. The Morgan fingerprint density at radius 1 is 0.889 bits per heavy atom. The molecule has 6 heteroatoms. The van der Waals surface area contributed by atoms with Crippen LogP contribution in [0.15, 0.2) is 72.8 Å². The summed E-state index contributed by atoms with van der Waals surface area (Å²) >= 11 is 0. The van der Waals surface area contributed by atoms with Crippen molar-refractivity contribution >= 4 is 17.8 Å². The van der Waals surface area contributed by atoms with Crippen molar-refractivity contribution in [3.63, 3.8) is 0 Å². The fraction of sp³-hybridized carbons (Fsp3) is 0.190. The lowest BCUT2D eigenvalue weighted by Gasteiger charge is -2.19. The van der Waals surface area contributed by atoms with Gasteiger partial charge in [-0.3, -0.25) is 4.79 Å². The van der Waals surface area contributed by atoms with Crippen molar-refractivity contribution in [2.75, 3.05) is 13.2 Å². The van der Waals surface area contributed by atoms with Crippen LogP contribution in [0.25, 0.3) is 0 Å². The SMILES string of the molecule is CCOC(=O)/C=C/C(=O)OC[C@H](NC(=O)c1ccccc1)c1ccccc1. The number of ether oxygens (including phenoxy) is 2. The first-order chi connectivity index (χ1) is 13.1. The highest BCUT2D eigenvalue weighted by molar-refractivity contribution is 5.94. The second-order valence-electron chi connectivity index (χ2n) is 5.52. The number of rotatable bonds is 8. The summed E-state index contributed by atoms with van der Waals surface area (Å²) in [6.07, 6.45) is 2.00. The van der Waals surface area contributed by atoms with E-state index < -0.39 is 18.0 Å². The predicted molar refractivity (Wildman–Crippen MR) is 99.8 cm³/mol. The molecular weight excluding hydrogens is 346 g/mol. The fourth-order valence-corrected chi connectivity index (χ4v) is 2.28. The van der Waals surface area contributed by atoms with Crippen LogP contribution in [0.4, 0.5) is 0 Å². The maximum absolute atomic E-state index is 12.4. The minimum Gasteiger partial charge on any atom is -0.463 e. The van der Waals surface area contributed by atoms with Crippen LogP contribution in [0.3, 0.4) is 0 Å². The average Bonchev–Trinajstić information content (AvgIpc) is 2.71. The number of hydrogen-bond donors (Lipinski definition) is 1. The molecule has 27 heavy (non-hydrogen) atoms. The van der Waals surface area contributed by atoms with Crippen molar-refractivity contribution in [3.05, 3.63) is 83.9 Å². The van der Waals surface area contributed by atoms with E-state index >= 15 is 0 Å². The van der Waals surface area contributed by atoms with Gasteiger partial charge in [0.15, 0.2) is 0 Å². The molecule has 0 unspecified atom stereocenters. The van der Waals surface area contributed by atoms with Crippen LogP contribution < -0.4 is 5.32 Å². The molecule has 1 amide bonds. The summed E-state index contributed by atoms with van der Waals surface area (Å²) in [4.78, 5) is 35.5. The van der Waals surface area contributed by atoms with E-state index in [-0.39, 0.29) is 19.1 Å². The Kier molecular flexibility index (Phi) is 7.78. The molecular formula is C21H21NO5. The van der Waals surface area contributed by atoms with Crippen LogP contribution in [0.2, 0.25) is 0 Å². The molecule has 0 radical (unpaired) electrons. The smallest absolute Gasteiger partial charge is 0.331 e. The van der Waals surface area contributed by atoms with E-state index in [4.69, 9.17) is 9.47 Å². The number of carbonyl (C=O) groups is 3. The highest BCUT2D eigenvalue weighted by Gasteiger charge is 2.17. The summed E-state index contributed by atoms with van der Waals surface area (Å²) in [6.45, 7) is 1.82. The maximum Gasteiger partial charge on any atom is 0.331 e. The lowest BCUT2D eigenvalue weighted by Crippen LogP contribution is -2.32. The standard InChI is InChI=1S/C21H21NO5/c1-2-26-19(23)13-14-20(24)27-15-18(16-9-5-3-6-10-16)22-21(25)17-11-7-4-8-12-17/h3-14,18H,2,15H2,1H3,(H,22,25)/b14-13+/t18-/m0/s1. The van der Waals surface area contributed by atoms with Crippen LogP contribution in [0, 0.1) is 0 Å². The van der Waals surface area contributed by atoms with E-state index in [1.165, 1.54) is 0 Å². The number of benzene rings is 2. The molecule has 0 aliphatic heterocycles. The van der Waals surface area contributed by atoms with Gasteiger partial charge in [0.2, 0.25) is 0 Å². The third-order valence-corrected chi connectivity index (χ3v) is 3.58. The third-order valence-electron chi connectivity index (χ3n) is 3.58. The summed E-state index contributed by atoms with van der Waals surface area (Å²) in [6, 6.07) is 17.4. The third kappa shape index (κ3) is 6.78. The zero-order chi connectivity index (χ0) is 19.5. The van der Waals surface area contributed by atoms with Gasteiger partial charge in [0.1, 0.15) is 6.61 Å². The lowest BCUT2D eigenvalue weighted by atomic mass is 10.1. The lowest BCUT2D eigenvalue weighted by molar-refractivity contribution is -0.140. The van der Waals surface area contributed by atoms with E-state index in [1.54, 1.807) is 31.2 Å². The van der Waals surface area contributed by atoms with Crippen LogP contribution >= 0.6 is 0 Å². The molecule has 1 N–H and O–H groups in total. The predicted octanol–water partition coefficient (Wildman–Crippen LogP) is 2.82. The fourth-order valence-electron chi connectivity index (χ4n) is 2.28. The van der Waals surface area contributed by atoms with E-state index in [0.717, 1.165) is 17.7 Å². The van der Waals surface area contributed by atoms with Gasteiger partial charge in [-0.2, -0.15) is 0 Å². The van der Waals surface area contributed by atoms with Crippen LogP contribution in [0.1, 0.15) is 28.9 Å². The quantitative estimate of drug-likeness (QED) is 0.573. The van der Waals surface area contributed by atoms with E-state index in [0.29, 0.717) is 5.56 Å². The van der Waals surface area contributed by atoms with Crippen LogP contribution in [-0.2, 0) is 19.1 Å². The Labute approximate surface area is 157 Å². The molecule has 6 nitrogen and oxygen atoms in total. The zero-order valence-corrected chi connectivity index (χ0v) is 15.0. The molecule has 0 aliphatic carbocycles. The van der Waals surface area contributed by atoms with Crippen molar-refractivity contribution < 1.29 is 23.9 Å². The molecule has 0 heterocycles. The number of amides is 1. The normalized spacial score (nSPS) is 11.6. The molecule has 140 valence electrons. The van der Waals surface area contributed by atoms with E-state index in [2.05, 4.69) is 5.32 Å². The van der Waals surface area contributed by atoms with Gasteiger partial charge in [-0.15, -0.1) is 0 Å². The van der Waals surface area contributed by atoms with Crippen molar-refractivity contribution in [1.82, 2.24) is 5.32 Å². The minimum absolute atomic E-state index is 0.0748. The zero-order valence-electron chi connectivity index (χ0n) is 15.0. The summed E-state index contributed by atoms with van der Waals surface area (Å²) in [7, 11) is 0. The minimum atomic E-state index is -0.696. The highest BCUT2D eigenvalue weighted by Crippen LogP contribution is 2.14. The molecule has 0 aliphatic rings. The molecule has 0 spiro atoms. The molecule has 0 fully saturated rings. The van der Waals surface area contributed by atoms with Gasteiger partial charge >= 0.3 is 11.9 Å². The molecule has 0 saturated heterocycles. The molecule has 1 atom stereocenters. The summed E-state index contributed by atoms with van der Waals surface area (Å²) in [5.74, 6) is -1.59. The topological polar surface area (TPSA) is 81.7 Å². The van der Waals surface area contributed by atoms with E-state index in [1.807, 2.05) is 36.4 Å².